The van der Waals surface area contributed by atoms with Crippen molar-refractivity contribution in [3.63, 3.8) is 0 Å². The first-order valence-electron chi connectivity index (χ1n) is 7.87. The molecule has 1 amide bonds. The molecule has 4 N–H and O–H groups in total. The summed E-state index contributed by atoms with van der Waals surface area (Å²) in [7, 11) is 0. The zero-order chi connectivity index (χ0) is 19.8. The summed E-state index contributed by atoms with van der Waals surface area (Å²) in [6, 6.07) is 9.03. The van der Waals surface area contributed by atoms with Crippen LogP contribution in [0.5, 0.6) is 0 Å². The summed E-state index contributed by atoms with van der Waals surface area (Å²) in [5.41, 5.74) is 0.241. The quantitative estimate of drug-likeness (QED) is 0.384. The lowest BCUT2D eigenvalue weighted by Crippen LogP contribution is -2.36. The predicted octanol–water partition coefficient (Wildman–Crippen LogP) is 1.22. The van der Waals surface area contributed by atoms with E-state index in [0.717, 1.165) is 23.5 Å². The number of nitrogens with zero attached hydrogens (tertiary/aromatic N) is 2. The number of ether oxygens (including phenoxy) is 1. The molecule has 0 aliphatic heterocycles. The fraction of sp³-hybridized carbons (Fsp3) is 0.294. The van der Waals surface area contributed by atoms with Crippen LogP contribution in [0.4, 0.5) is 4.79 Å². The van der Waals surface area contributed by atoms with Crippen molar-refractivity contribution in [2.45, 2.75) is 24.0 Å². The van der Waals surface area contributed by atoms with Gasteiger partial charge in [0.25, 0.3) is 0 Å². The van der Waals surface area contributed by atoms with Crippen molar-refractivity contribution in [1.82, 2.24) is 15.3 Å². The van der Waals surface area contributed by atoms with Crippen LogP contribution in [-0.2, 0) is 11.3 Å². The third-order valence-electron chi connectivity index (χ3n) is 3.53. The van der Waals surface area contributed by atoms with Gasteiger partial charge in [0.15, 0.2) is 10.9 Å². The first-order valence-corrected chi connectivity index (χ1v) is 9.09. The van der Waals surface area contributed by atoms with Gasteiger partial charge in [0, 0.05) is 18.3 Å². The highest BCUT2D eigenvalue weighted by molar-refractivity contribution is 7.98. The molecule has 2 rings (SSSR count). The molecule has 27 heavy (non-hydrogen) atoms. The molecule has 0 radical (unpaired) electrons. The molecule has 9 nitrogen and oxygen atoms in total. The summed E-state index contributed by atoms with van der Waals surface area (Å²) in [4.78, 5) is 30.7. The maximum Gasteiger partial charge on any atom is 0.407 e. The molecule has 0 saturated heterocycles. The molecular weight excluding hydrogens is 374 g/mol. The van der Waals surface area contributed by atoms with Crippen LogP contribution in [0, 0.1) is 0 Å². The molecule has 10 heteroatoms. The molecule has 144 valence electrons. The summed E-state index contributed by atoms with van der Waals surface area (Å²) < 4.78 is 4.99. The van der Waals surface area contributed by atoms with E-state index in [2.05, 4.69) is 15.3 Å². The minimum atomic E-state index is -1.60. The normalized spacial score (nSPS) is 12.9. The standard InChI is InChI=1S/C17H19N3O6S/c1-27-16-18-7-11(13(20-16)15(23)24)14(22)12(21)8-19-17(25)26-9-10-5-3-2-4-6-10/h2-7,12,14,21-22H,8-9H2,1H3,(H,19,25)(H,23,24). The van der Waals surface area contributed by atoms with Gasteiger partial charge >= 0.3 is 12.1 Å². The molecule has 0 aliphatic carbocycles. The van der Waals surface area contributed by atoms with Gasteiger partial charge in [-0.25, -0.2) is 19.6 Å². The second kappa shape index (κ2) is 9.86. The predicted molar refractivity (Wildman–Crippen MR) is 96.4 cm³/mol. The number of nitrogens with one attached hydrogen (secondary N) is 1. The number of benzene rings is 1. The minimum Gasteiger partial charge on any atom is -0.476 e. The molecule has 0 aliphatic rings. The number of aliphatic hydroxyl groups is 2. The Morgan fingerprint density at radius 3 is 2.59 bits per heavy atom. The second-order valence-electron chi connectivity index (χ2n) is 5.42. The Morgan fingerprint density at radius 2 is 1.96 bits per heavy atom. The highest BCUT2D eigenvalue weighted by atomic mass is 32.2. The number of aromatic nitrogens is 2. The number of carboxylic acids is 1. The number of carbonyl (C=O) groups is 2. The summed E-state index contributed by atoms with van der Waals surface area (Å²) in [6.45, 7) is -0.295. The first-order chi connectivity index (χ1) is 12.9. The van der Waals surface area contributed by atoms with E-state index in [1.807, 2.05) is 6.07 Å². The zero-order valence-electron chi connectivity index (χ0n) is 14.4. The van der Waals surface area contributed by atoms with Gasteiger partial charge in [-0.15, -0.1) is 0 Å². The number of hydrogen-bond donors (Lipinski definition) is 4. The molecule has 0 spiro atoms. The Labute approximate surface area is 159 Å². The molecule has 0 bridgehead atoms. The van der Waals surface area contributed by atoms with Crippen molar-refractivity contribution < 1.29 is 29.6 Å². The van der Waals surface area contributed by atoms with Crippen LogP contribution in [0.1, 0.15) is 27.7 Å². The van der Waals surface area contributed by atoms with Gasteiger partial charge in [0.2, 0.25) is 0 Å². The number of aromatic carboxylic acids is 1. The third kappa shape index (κ3) is 5.91. The Bertz CT molecular complexity index is 789. The molecular formula is C17H19N3O6S. The smallest absolute Gasteiger partial charge is 0.407 e. The summed E-state index contributed by atoms with van der Waals surface area (Å²) in [5.74, 6) is -1.36. The number of alkyl carbamates (subject to hydrolysis) is 1. The van der Waals surface area contributed by atoms with Crippen molar-refractivity contribution >= 4 is 23.8 Å². The summed E-state index contributed by atoms with van der Waals surface area (Å²) in [6.07, 6.45) is -1.03. The Kier molecular flexibility index (Phi) is 7.53. The molecule has 1 heterocycles. The maximum absolute atomic E-state index is 11.7. The lowest BCUT2D eigenvalue weighted by Gasteiger charge is -2.19. The SMILES string of the molecule is CSc1ncc(C(O)C(O)CNC(=O)OCc2ccccc2)c(C(=O)O)n1. The van der Waals surface area contributed by atoms with Gasteiger partial charge in [-0.05, 0) is 11.8 Å². The molecule has 1 aromatic heterocycles. The molecule has 0 saturated carbocycles. The lowest BCUT2D eigenvalue weighted by atomic mass is 10.0. The van der Waals surface area contributed by atoms with E-state index in [4.69, 9.17) is 4.74 Å². The van der Waals surface area contributed by atoms with Gasteiger partial charge in [-0.1, -0.05) is 42.1 Å². The number of carboxylic acid groups (broad SMARTS) is 1. The van der Waals surface area contributed by atoms with Crippen molar-refractivity contribution in [3.05, 3.63) is 53.3 Å². The van der Waals surface area contributed by atoms with Gasteiger partial charge in [0.1, 0.15) is 18.8 Å². The zero-order valence-corrected chi connectivity index (χ0v) is 15.2. The Hall–Kier alpha value is -2.69. The van der Waals surface area contributed by atoms with Crippen LogP contribution in [0.2, 0.25) is 0 Å². The van der Waals surface area contributed by atoms with Crippen LogP contribution in [-0.4, -0.2) is 56.3 Å². The number of rotatable bonds is 8. The topological polar surface area (TPSA) is 142 Å². The maximum atomic E-state index is 11.7. The summed E-state index contributed by atoms with van der Waals surface area (Å²) >= 11 is 1.14. The molecule has 0 fully saturated rings. The van der Waals surface area contributed by atoms with Gasteiger partial charge < -0.3 is 25.4 Å². The van der Waals surface area contributed by atoms with Crippen LogP contribution < -0.4 is 5.32 Å². The number of carbonyl (C=O) groups excluding carboxylic acids is 1. The van der Waals surface area contributed by atoms with E-state index in [9.17, 15) is 24.9 Å². The van der Waals surface area contributed by atoms with E-state index >= 15 is 0 Å². The number of amides is 1. The summed E-state index contributed by atoms with van der Waals surface area (Å²) in [5, 5.41) is 32.0. The van der Waals surface area contributed by atoms with E-state index in [-0.39, 0.29) is 23.9 Å². The average molecular weight is 393 g/mol. The van der Waals surface area contributed by atoms with Gasteiger partial charge in [0.05, 0.1) is 0 Å². The first kappa shape index (κ1) is 20.6. The minimum absolute atomic E-state index is 0.0540. The fourth-order valence-corrected chi connectivity index (χ4v) is 2.48. The fourth-order valence-electron chi connectivity index (χ4n) is 2.14. The van der Waals surface area contributed by atoms with Gasteiger partial charge in [-0.2, -0.15) is 0 Å². The van der Waals surface area contributed by atoms with E-state index < -0.39 is 30.0 Å². The molecule has 1 aromatic carbocycles. The highest BCUT2D eigenvalue weighted by Gasteiger charge is 2.26. The van der Waals surface area contributed by atoms with Crippen molar-refractivity contribution in [3.8, 4) is 0 Å². The van der Waals surface area contributed by atoms with Crippen molar-refractivity contribution in [1.29, 1.82) is 0 Å². The largest absolute Gasteiger partial charge is 0.476 e. The third-order valence-corrected chi connectivity index (χ3v) is 4.09. The lowest BCUT2D eigenvalue weighted by molar-refractivity contribution is 0.0167. The molecule has 2 atom stereocenters. The number of hydrogen-bond acceptors (Lipinski definition) is 8. The van der Waals surface area contributed by atoms with Crippen LogP contribution in [0.3, 0.4) is 0 Å². The number of thioether (sulfide) groups is 1. The second-order valence-corrected chi connectivity index (χ2v) is 6.19. The van der Waals surface area contributed by atoms with Crippen LogP contribution in [0.25, 0.3) is 0 Å². The highest BCUT2D eigenvalue weighted by Crippen LogP contribution is 2.21. The molecule has 2 unspecified atom stereocenters. The van der Waals surface area contributed by atoms with E-state index in [0.29, 0.717) is 0 Å². The number of aliphatic hydroxyl groups excluding tert-OH is 2. The van der Waals surface area contributed by atoms with Gasteiger partial charge in [-0.3, -0.25) is 0 Å². The van der Waals surface area contributed by atoms with E-state index in [1.54, 1.807) is 30.5 Å². The average Bonchev–Trinajstić information content (AvgIpc) is 2.70. The monoisotopic (exact) mass is 393 g/mol. The van der Waals surface area contributed by atoms with Crippen LogP contribution in [0.15, 0.2) is 41.7 Å². The van der Waals surface area contributed by atoms with E-state index in [1.165, 1.54) is 0 Å². The van der Waals surface area contributed by atoms with Crippen molar-refractivity contribution in [2.24, 2.45) is 0 Å². The Morgan fingerprint density at radius 1 is 1.26 bits per heavy atom. The van der Waals surface area contributed by atoms with Crippen LogP contribution >= 0.6 is 11.8 Å². The molecule has 2 aromatic rings. The van der Waals surface area contributed by atoms with Crippen molar-refractivity contribution in [2.75, 3.05) is 12.8 Å². The Balaban J connectivity index is 1.92.